The van der Waals surface area contributed by atoms with Crippen LogP contribution >= 0.6 is 0 Å². The van der Waals surface area contributed by atoms with Gasteiger partial charge in [0.1, 0.15) is 11.3 Å². The average Bonchev–Trinajstić information content (AvgIpc) is 2.19. The van der Waals surface area contributed by atoms with Crippen LogP contribution in [0.15, 0.2) is 10.9 Å². The van der Waals surface area contributed by atoms with Gasteiger partial charge in [0, 0.05) is 0 Å². The number of halogens is 3. The van der Waals surface area contributed by atoms with Gasteiger partial charge in [0.25, 0.3) is 0 Å². The molecule has 7 nitrogen and oxygen atoms in total. The molecule has 0 amide bonds. The summed E-state index contributed by atoms with van der Waals surface area (Å²) in [7, 11) is 0. The van der Waals surface area contributed by atoms with Crippen LogP contribution in [0.25, 0.3) is 0 Å². The zero-order valence-corrected chi connectivity index (χ0v) is 8.45. The summed E-state index contributed by atoms with van der Waals surface area (Å²) in [6.45, 7) is 0. The minimum atomic E-state index is -5.12. The molecule has 10 heteroatoms. The van der Waals surface area contributed by atoms with Gasteiger partial charge in [0.2, 0.25) is 0 Å². The first kappa shape index (κ1) is 13.5. The van der Waals surface area contributed by atoms with Crippen molar-refractivity contribution in [3.05, 3.63) is 32.1 Å². The molecule has 0 spiro atoms. The minimum Gasteiger partial charge on any atom is -0.405 e. The zero-order chi connectivity index (χ0) is 13.9. The number of aromatic amines is 1. The van der Waals surface area contributed by atoms with E-state index < -0.39 is 40.4 Å². The number of nitrogens with one attached hydrogen (secondary N) is 1. The third-order valence-corrected chi connectivity index (χ3v) is 1.75. The van der Waals surface area contributed by atoms with Crippen molar-refractivity contribution in [2.75, 3.05) is 0 Å². The molecule has 0 saturated carbocycles. The van der Waals surface area contributed by atoms with Gasteiger partial charge in [0.15, 0.2) is 0 Å². The van der Waals surface area contributed by atoms with E-state index in [0.29, 0.717) is 6.07 Å². The maximum Gasteiger partial charge on any atom is 0.573 e. The predicted octanol–water partition coefficient (Wildman–Crippen LogP) is 1.25. The number of rotatable bonds is 3. The lowest BCUT2D eigenvalue weighted by atomic mass is 10.2. The van der Waals surface area contributed by atoms with Crippen LogP contribution in [0.3, 0.4) is 0 Å². The second kappa shape index (κ2) is 4.74. The van der Waals surface area contributed by atoms with Crippen molar-refractivity contribution >= 4 is 5.82 Å². The van der Waals surface area contributed by atoms with Gasteiger partial charge in [-0.25, -0.2) is 9.78 Å². The maximum absolute atomic E-state index is 12.0. The van der Waals surface area contributed by atoms with Crippen molar-refractivity contribution in [2.45, 2.75) is 12.8 Å². The summed E-state index contributed by atoms with van der Waals surface area (Å²) in [5.74, 6) is -2.05. The monoisotopic (exact) mass is 263 g/mol. The lowest BCUT2D eigenvalue weighted by Gasteiger charge is -2.11. The summed E-state index contributed by atoms with van der Waals surface area (Å²) in [6.07, 6.45) is -5.83. The lowest BCUT2D eigenvalue weighted by Crippen LogP contribution is -2.21. The fourth-order valence-electron chi connectivity index (χ4n) is 1.17. The van der Waals surface area contributed by atoms with Gasteiger partial charge in [-0.1, -0.05) is 0 Å². The summed E-state index contributed by atoms with van der Waals surface area (Å²) in [6, 6.07) is 1.85. The molecule has 1 aromatic rings. The standard InChI is InChI=1S/C8H4F3N3O4/c9-8(10,11)18-5-3-6(15)13-7(14(16)17)4(5)1-2-12/h3H,1H2,(H,13,15). The fraction of sp³-hybridized carbons (Fsp3) is 0.250. The van der Waals surface area contributed by atoms with Crippen molar-refractivity contribution in [3.8, 4) is 11.8 Å². The van der Waals surface area contributed by atoms with Crippen LogP contribution in [0.1, 0.15) is 5.56 Å². The van der Waals surface area contributed by atoms with Crippen molar-refractivity contribution in [3.63, 3.8) is 0 Å². The molecule has 0 atom stereocenters. The van der Waals surface area contributed by atoms with E-state index in [1.165, 1.54) is 6.07 Å². The summed E-state index contributed by atoms with van der Waals surface area (Å²) in [5, 5.41) is 19.0. The van der Waals surface area contributed by atoms with Crippen molar-refractivity contribution in [2.24, 2.45) is 0 Å². The van der Waals surface area contributed by atoms with E-state index in [9.17, 15) is 28.1 Å². The normalized spacial score (nSPS) is 10.8. The molecule has 96 valence electrons. The first-order chi connectivity index (χ1) is 8.24. The van der Waals surface area contributed by atoms with E-state index in [1.807, 2.05) is 0 Å². The average molecular weight is 263 g/mol. The van der Waals surface area contributed by atoms with Crippen molar-refractivity contribution in [1.29, 1.82) is 5.26 Å². The smallest absolute Gasteiger partial charge is 0.405 e. The molecule has 0 aliphatic heterocycles. The molecule has 0 bridgehead atoms. The summed E-state index contributed by atoms with van der Waals surface area (Å²) >= 11 is 0. The molecule has 1 heterocycles. The van der Waals surface area contributed by atoms with Crippen LogP contribution in [0.4, 0.5) is 19.0 Å². The predicted molar refractivity (Wildman–Crippen MR) is 49.7 cm³/mol. The molecule has 0 fully saturated rings. The number of pyridine rings is 1. The Morgan fingerprint density at radius 2 is 2.17 bits per heavy atom. The molecule has 0 radical (unpaired) electrons. The van der Waals surface area contributed by atoms with Gasteiger partial charge >= 0.3 is 17.7 Å². The van der Waals surface area contributed by atoms with E-state index in [0.717, 1.165) is 0 Å². The summed E-state index contributed by atoms with van der Waals surface area (Å²) in [5.41, 5.74) is -1.78. The van der Waals surface area contributed by atoms with Gasteiger partial charge in [-0.15, -0.1) is 13.2 Å². The topological polar surface area (TPSA) is 109 Å². The second-order valence-electron chi connectivity index (χ2n) is 2.96. The number of H-pyrrole nitrogens is 1. The number of nitrogens with zero attached hydrogens (tertiary/aromatic N) is 2. The molecular formula is C8H4F3N3O4. The SMILES string of the molecule is N#CCc1c(OC(F)(F)F)cc(=O)[nH]c1[N+](=O)[O-]. The summed E-state index contributed by atoms with van der Waals surface area (Å²) in [4.78, 5) is 22.2. The Bertz CT molecular complexity index is 572. The minimum absolute atomic E-state index is 0.396. The molecule has 1 N–H and O–H groups in total. The molecule has 0 aromatic carbocycles. The largest absolute Gasteiger partial charge is 0.573 e. The quantitative estimate of drug-likeness (QED) is 0.651. The van der Waals surface area contributed by atoms with E-state index in [4.69, 9.17) is 5.26 Å². The third-order valence-electron chi connectivity index (χ3n) is 1.75. The highest BCUT2D eigenvalue weighted by Crippen LogP contribution is 2.29. The Morgan fingerprint density at radius 3 is 2.61 bits per heavy atom. The van der Waals surface area contributed by atoms with Crippen molar-refractivity contribution < 1.29 is 22.8 Å². The molecule has 1 aromatic heterocycles. The van der Waals surface area contributed by atoms with Gasteiger partial charge in [-0.3, -0.25) is 0 Å². The maximum atomic E-state index is 12.0. The highest BCUT2D eigenvalue weighted by Gasteiger charge is 2.34. The summed E-state index contributed by atoms with van der Waals surface area (Å²) < 4.78 is 39.6. The van der Waals surface area contributed by atoms with Crippen LogP contribution in [-0.2, 0) is 6.42 Å². The van der Waals surface area contributed by atoms with Gasteiger partial charge in [-0.05, 0) is 4.92 Å². The number of nitriles is 1. The first-order valence-electron chi connectivity index (χ1n) is 4.28. The first-order valence-corrected chi connectivity index (χ1v) is 4.28. The number of aromatic nitrogens is 1. The second-order valence-corrected chi connectivity index (χ2v) is 2.96. The number of alkyl halides is 3. The van der Waals surface area contributed by atoms with E-state index in [2.05, 4.69) is 4.74 Å². The Kier molecular flexibility index (Phi) is 3.55. The molecule has 0 saturated heterocycles. The van der Waals surface area contributed by atoms with Crippen LogP contribution in [-0.4, -0.2) is 16.3 Å². The van der Waals surface area contributed by atoms with Gasteiger partial charge in [0.05, 0.1) is 18.6 Å². The molecular weight excluding hydrogens is 259 g/mol. The van der Waals surface area contributed by atoms with E-state index in [1.54, 1.807) is 4.98 Å². The van der Waals surface area contributed by atoms with Gasteiger partial charge in [-0.2, -0.15) is 5.26 Å². The van der Waals surface area contributed by atoms with E-state index in [-0.39, 0.29) is 0 Å². The number of nitro groups is 1. The number of ether oxygens (including phenoxy) is 1. The van der Waals surface area contributed by atoms with Gasteiger partial charge < -0.3 is 14.9 Å². The Balaban J connectivity index is 3.44. The number of hydrogen-bond acceptors (Lipinski definition) is 5. The molecule has 0 aliphatic carbocycles. The Hall–Kier alpha value is -2.57. The van der Waals surface area contributed by atoms with Crippen LogP contribution in [0.5, 0.6) is 5.75 Å². The fourth-order valence-corrected chi connectivity index (χ4v) is 1.17. The molecule has 0 aliphatic rings. The Labute approximate surface area is 96.6 Å². The van der Waals surface area contributed by atoms with Crippen LogP contribution in [0, 0.1) is 21.4 Å². The highest BCUT2D eigenvalue weighted by molar-refractivity contribution is 5.45. The van der Waals surface area contributed by atoms with E-state index >= 15 is 0 Å². The molecule has 18 heavy (non-hydrogen) atoms. The Morgan fingerprint density at radius 1 is 1.56 bits per heavy atom. The third kappa shape index (κ3) is 3.21. The number of hydrogen-bond donors (Lipinski definition) is 1. The molecule has 1 rings (SSSR count). The van der Waals surface area contributed by atoms with Crippen molar-refractivity contribution in [1.82, 2.24) is 4.98 Å². The lowest BCUT2D eigenvalue weighted by molar-refractivity contribution is -0.390. The zero-order valence-electron chi connectivity index (χ0n) is 8.45. The highest BCUT2D eigenvalue weighted by atomic mass is 19.4. The van der Waals surface area contributed by atoms with Crippen LogP contribution in [0.2, 0.25) is 0 Å². The molecule has 0 unspecified atom stereocenters. The van der Waals surface area contributed by atoms with Crippen LogP contribution < -0.4 is 10.3 Å².